The van der Waals surface area contributed by atoms with Crippen LogP contribution in [-0.4, -0.2) is 32.5 Å². The zero-order chi connectivity index (χ0) is 20.3. The number of aromatic nitrogens is 3. The summed E-state index contributed by atoms with van der Waals surface area (Å²) in [4.78, 5) is 29.2. The van der Waals surface area contributed by atoms with Crippen LogP contribution in [0.25, 0.3) is 10.9 Å². The molecular formula is C22H21N5O2. The lowest BCUT2D eigenvalue weighted by atomic mass is 9.98. The monoisotopic (exact) mass is 387 g/mol. The first-order chi connectivity index (χ1) is 14.1. The van der Waals surface area contributed by atoms with Crippen LogP contribution in [0.5, 0.6) is 0 Å². The van der Waals surface area contributed by atoms with Crippen molar-refractivity contribution in [1.29, 1.82) is 0 Å². The second-order valence-corrected chi connectivity index (χ2v) is 7.33. The number of nitrogens with zero attached hydrogens (tertiary/aromatic N) is 2. The van der Waals surface area contributed by atoms with Crippen molar-refractivity contribution in [3.63, 3.8) is 0 Å². The molecule has 2 aromatic heterocycles. The Hall–Kier alpha value is -3.66. The number of fused-ring (bicyclic) bond motifs is 1. The summed E-state index contributed by atoms with van der Waals surface area (Å²) in [6.45, 7) is 0. The van der Waals surface area contributed by atoms with Gasteiger partial charge >= 0.3 is 0 Å². The maximum atomic E-state index is 12.6. The lowest BCUT2D eigenvalue weighted by Gasteiger charge is -2.23. The minimum atomic E-state index is -0.594. The molecule has 0 bridgehead atoms. The number of aromatic amines is 1. The van der Waals surface area contributed by atoms with E-state index in [2.05, 4.69) is 31.7 Å². The highest BCUT2D eigenvalue weighted by Crippen LogP contribution is 2.29. The molecule has 0 saturated heterocycles. The van der Waals surface area contributed by atoms with Crippen molar-refractivity contribution in [3.05, 3.63) is 54.0 Å². The first kappa shape index (κ1) is 18.7. The molecule has 29 heavy (non-hydrogen) atoms. The van der Waals surface area contributed by atoms with Crippen LogP contribution < -0.4 is 10.6 Å². The molecule has 146 valence electrons. The second-order valence-electron chi connectivity index (χ2n) is 7.33. The van der Waals surface area contributed by atoms with E-state index in [1.165, 1.54) is 6.20 Å². The van der Waals surface area contributed by atoms with E-state index < -0.39 is 5.54 Å². The molecule has 1 saturated carbocycles. The molecule has 2 amide bonds. The summed E-state index contributed by atoms with van der Waals surface area (Å²) in [6, 6.07) is 8.92. The average Bonchev–Trinajstić information content (AvgIpc) is 3.37. The van der Waals surface area contributed by atoms with Gasteiger partial charge in [0.15, 0.2) is 0 Å². The smallest absolute Gasteiger partial charge is 0.271 e. The zero-order valence-corrected chi connectivity index (χ0v) is 15.9. The molecule has 3 N–H and O–H groups in total. The molecule has 0 radical (unpaired) electrons. The number of carbonyl (C=O) groups is 2. The van der Waals surface area contributed by atoms with E-state index in [9.17, 15) is 9.59 Å². The molecule has 0 unspecified atom stereocenters. The number of rotatable bonds is 5. The van der Waals surface area contributed by atoms with Gasteiger partial charge in [0, 0.05) is 17.3 Å². The van der Waals surface area contributed by atoms with Gasteiger partial charge in [0.25, 0.3) is 5.91 Å². The molecule has 0 atom stereocenters. The molecule has 1 aromatic carbocycles. The van der Waals surface area contributed by atoms with E-state index in [0.29, 0.717) is 5.69 Å². The highest BCUT2D eigenvalue weighted by atomic mass is 16.2. The Labute approximate surface area is 168 Å². The van der Waals surface area contributed by atoms with Crippen molar-refractivity contribution < 1.29 is 9.59 Å². The summed E-state index contributed by atoms with van der Waals surface area (Å²) in [7, 11) is 0. The molecule has 7 nitrogen and oxygen atoms in total. The Kier molecular flexibility index (Phi) is 5.00. The number of benzene rings is 1. The summed E-state index contributed by atoms with van der Waals surface area (Å²) in [5.41, 5.74) is 1.89. The Morgan fingerprint density at radius 1 is 1.21 bits per heavy atom. The molecular weight excluding hydrogens is 366 g/mol. The van der Waals surface area contributed by atoms with Gasteiger partial charge in [-0.25, -0.2) is 0 Å². The largest absolute Gasteiger partial charge is 0.334 e. The third kappa shape index (κ3) is 4.11. The summed E-state index contributed by atoms with van der Waals surface area (Å²) >= 11 is 0. The van der Waals surface area contributed by atoms with Gasteiger partial charge in [-0.3, -0.25) is 19.7 Å². The van der Waals surface area contributed by atoms with Gasteiger partial charge < -0.3 is 10.6 Å². The van der Waals surface area contributed by atoms with Crippen LogP contribution in [0.15, 0.2) is 42.7 Å². The van der Waals surface area contributed by atoms with Crippen molar-refractivity contribution >= 4 is 28.4 Å². The van der Waals surface area contributed by atoms with Crippen molar-refractivity contribution in [3.8, 4) is 12.3 Å². The Morgan fingerprint density at radius 3 is 2.83 bits per heavy atom. The molecule has 3 aromatic rings. The molecule has 1 aliphatic carbocycles. The molecule has 1 aliphatic rings. The maximum absolute atomic E-state index is 12.6. The normalized spacial score (nSPS) is 15.0. The third-order valence-electron chi connectivity index (χ3n) is 5.23. The number of anilines is 1. The number of carbonyl (C=O) groups excluding carboxylic acids is 2. The van der Waals surface area contributed by atoms with E-state index in [1.54, 1.807) is 18.3 Å². The van der Waals surface area contributed by atoms with E-state index >= 15 is 0 Å². The number of pyridine rings is 1. The number of hydrogen-bond acceptors (Lipinski definition) is 4. The molecule has 1 fully saturated rings. The van der Waals surface area contributed by atoms with Gasteiger partial charge in [0.1, 0.15) is 11.2 Å². The van der Waals surface area contributed by atoms with E-state index in [0.717, 1.165) is 42.1 Å². The first-order valence-electron chi connectivity index (χ1n) is 9.55. The minimum absolute atomic E-state index is 0.183. The Bertz CT molecular complexity index is 1110. The number of hydrogen-bond donors (Lipinski definition) is 3. The van der Waals surface area contributed by atoms with Crippen molar-refractivity contribution in [1.82, 2.24) is 20.5 Å². The van der Waals surface area contributed by atoms with Gasteiger partial charge in [-0.2, -0.15) is 5.10 Å². The highest BCUT2D eigenvalue weighted by molar-refractivity contribution is 5.97. The van der Waals surface area contributed by atoms with E-state index in [1.807, 2.05) is 18.2 Å². The third-order valence-corrected chi connectivity index (χ3v) is 5.23. The van der Waals surface area contributed by atoms with E-state index in [-0.39, 0.29) is 23.9 Å². The lowest BCUT2D eigenvalue weighted by Crippen LogP contribution is -2.45. The van der Waals surface area contributed by atoms with Gasteiger partial charge in [0.2, 0.25) is 5.91 Å². The number of nitrogens with one attached hydrogen (secondary N) is 3. The summed E-state index contributed by atoms with van der Waals surface area (Å²) in [5.74, 6) is 2.22. The van der Waals surface area contributed by atoms with E-state index in [4.69, 9.17) is 6.42 Å². The van der Waals surface area contributed by atoms with Crippen LogP contribution in [0.3, 0.4) is 0 Å². The van der Waals surface area contributed by atoms with Crippen LogP contribution in [0.2, 0.25) is 0 Å². The van der Waals surface area contributed by atoms with Crippen molar-refractivity contribution in [2.75, 3.05) is 5.32 Å². The standard InChI is InChI=1S/C22H21N5O2/c1-2-22(8-3-4-9-22)26-21(29)19-13-17(7-10-23-19)25-20(28)12-15-5-6-16-14-24-27-18(16)11-15/h1,5-7,10-11,13-14H,3-4,8-9,12H2,(H,24,27)(H,26,29)(H,23,25,28). The maximum Gasteiger partial charge on any atom is 0.271 e. The van der Waals surface area contributed by atoms with Gasteiger partial charge in [-0.15, -0.1) is 6.42 Å². The number of terminal acetylenes is 1. The molecule has 0 spiro atoms. The van der Waals surface area contributed by atoms with Crippen LogP contribution in [-0.2, 0) is 11.2 Å². The van der Waals surface area contributed by atoms with Gasteiger partial charge in [-0.1, -0.05) is 18.1 Å². The second kappa shape index (κ2) is 7.76. The fourth-order valence-electron chi connectivity index (χ4n) is 3.68. The van der Waals surface area contributed by atoms with Crippen LogP contribution in [0.1, 0.15) is 41.7 Å². The van der Waals surface area contributed by atoms with Crippen LogP contribution in [0, 0.1) is 12.3 Å². The average molecular weight is 387 g/mol. The Morgan fingerprint density at radius 2 is 2.03 bits per heavy atom. The highest BCUT2D eigenvalue weighted by Gasteiger charge is 2.33. The predicted molar refractivity (Wildman–Crippen MR) is 110 cm³/mol. The van der Waals surface area contributed by atoms with Crippen LogP contribution in [0.4, 0.5) is 5.69 Å². The van der Waals surface area contributed by atoms with Gasteiger partial charge in [0.05, 0.1) is 18.1 Å². The fourth-order valence-corrected chi connectivity index (χ4v) is 3.68. The SMILES string of the molecule is C#CC1(NC(=O)c2cc(NC(=O)Cc3ccc4cn[nH]c4c3)ccn2)CCCC1. The molecule has 7 heteroatoms. The van der Waals surface area contributed by atoms with Crippen LogP contribution >= 0.6 is 0 Å². The molecule has 2 heterocycles. The molecule has 4 rings (SSSR count). The summed E-state index contributed by atoms with van der Waals surface area (Å²) in [5, 5.41) is 13.6. The number of H-pyrrole nitrogens is 1. The topological polar surface area (TPSA) is 99.8 Å². The number of amides is 2. The summed E-state index contributed by atoms with van der Waals surface area (Å²) in [6.07, 6.45) is 12.6. The first-order valence-corrected chi connectivity index (χ1v) is 9.55. The van der Waals surface area contributed by atoms with Gasteiger partial charge in [-0.05, 0) is 49.4 Å². The minimum Gasteiger partial charge on any atom is -0.334 e. The lowest BCUT2D eigenvalue weighted by molar-refractivity contribution is -0.115. The fraction of sp³-hybridized carbons (Fsp3) is 0.273. The van der Waals surface area contributed by atoms with Crippen molar-refractivity contribution in [2.24, 2.45) is 0 Å². The van der Waals surface area contributed by atoms with Crippen molar-refractivity contribution in [2.45, 2.75) is 37.6 Å². The Balaban J connectivity index is 1.42. The quantitative estimate of drug-likeness (QED) is 0.586. The molecule has 0 aliphatic heterocycles. The zero-order valence-electron chi connectivity index (χ0n) is 15.9. The predicted octanol–water partition coefficient (Wildman–Crippen LogP) is 2.81. The summed E-state index contributed by atoms with van der Waals surface area (Å²) < 4.78 is 0.